The summed E-state index contributed by atoms with van der Waals surface area (Å²) in [6.07, 6.45) is 0.866. The highest BCUT2D eigenvalue weighted by molar-refractivity contribution is 7.91. The van der Waals surface area contributed by atoms with Gasteiger partial charge in [0, 0.05) is 12.0 Å². The number of hydrogen-bond acceptors (Lipinski definition) is 5. The molecule has 3 atom stereocenters. The molecule has 7 heteroatoms. The third-order valence-electron chi connectivity index (χ3n) is 4.45. The van der Waals surface area contributed by atoms with E-state index in [2.05, 4.69) is 17.6 Å². The predicted octanol–water partition coefficient (Wildman–Crippen LogP) is 1.22. The fourth-order valence-corrected chi connectivity index (χ4v) is 4.39. The van der Waals surface area contributed by atoms with Gasteiger partial charge in [0.15, 0.2) is 9.84 Å². The van der Waals surface area contributed by atoms with E-state index in [1.165, 1.54) is 19.2 Å². The molecule has 3 unspecified atom stereocenters. The number of benzene rings is 1. The number of sulfone groups is 1. The Balaban J connectivity index is 1.98. The van der Waals surface area contributed by atoms with Crippen LogP contribution in [-0.2, 0) is 14.6 Å². The second-order valence-corrected chi connectivity index (χ2v) is 8.48. The molecule has 1 aromatic carbocycles. The van der Waals surface area contributed by atoms with E-state index in [1.54, 1.807) is 19.1 Å². The molecule has 1 saturated heterocycles. The van der Waals surface area contributed by atoms with Crippen molar-refractivity contribution in [2.45, 2.75) is 31.2 Å². The summed E-state index contributed by atoms with van der Waals surface area (Å²) in [6, 6.07) is 6.33. The summed E-state index contributed by atoms with van der Waals surface area (Å²) in [7, 11) is -1.99. The molecule has 2 rings (SSSR count). The highest BCUT2D eigenvalue weighted by atomic mass is 32.2. The van der Waals surface area contributed by atoms with Gasteiger partial charge in [-0.3, -0.25) is 4.79 Å². The Morgan fingerprint density at radius 3 is 2.62 bits per heavy atom. The van der Waals surface area contributed by atoms with Crippen LogP contribution in [0.3, 0.4) is 0 Å². The summed E-state index contributed by atoms with van der Waals surface area (Å²) in [4.78, 5) is 12.6. The molecule has 0 aliphatic carbocycles. The van der Waals surface area contributed by atoms with E-state index in [9.17, 15) is 13.2 Å². The maximum atomic E-state index is 12.5. The van der Waals surface area contributed by atoms with E-state index in [0.717, 1.165) is 19.5 Å². The number of carbonyl (C=O) groups excluding carboxylic acids is 1. The van der Waals surface area contributed by atoms with Crippen molar-refractivity contribution in [1.29, 1.82) is 0 Å². The van der Waals surface area contributed by atoms with Gasteiger partial charge in [-0.25, -0.2) is 8.42 Å². The number of amides is 1. The van der Waals surface area contributed by atoms with E-state index < -0.39 is 15.8 Å². The lowest BCUT2D eigenvalue weighted by Crippen LogP contribution is -2.50. The highest BCUT2D eigenvalue weighted by Gasteiger charge is 2.27. The Kier molecular flexibility index (Phi) is 6.23. The van der Waals surface area contributed by atoms with Crippen LogP contribution in [0.25, 0.3) is 0 Å². The number of rotatable bonds is 6. The Labute approximate surface area is 143 Å². The molecule has 0 bridgehead atoms. The lowest BCUT2D eigenvalue weighted by atomic mass is 9.95. The van der Waals surface area contributed by atoms with Crippen LogP contribution in [0.2, 0.25) is 0 Å². The topological polar surface area (TPSA) is 84.5 Å². The minimum Gasteiger partial charge on any atom is -0.497 e. The van der Waals surface area contributed by atoms with Gasteiger partial charge in [-0.15, -0.1) is 0 Å². The third-order valence-corrected chi connectivity index (χ3v) is 6.38. The number of nitrogens with one attached hydrogen (secondary N) is 2. The summed E-state index contributed by atoms with van der Waals surface area (Å²) in [6.45, 7) is 5.47. The van der Waals surface area contributed by atoms with Crippen LogP contribution in [0.5, 0.6) is 5.75 Å². The minimum absolute atomic E-state index is 0.102. The van der Waals surface area contributed by atoms with Crippen molar-refractivity contribution in [2.24, 2.45) is 11.8 Å². The zero-order chi connectivity index (χ0) is 17.7. The quantitative estimate of drug-likeness (QED) is 0.802. The molecule has 1 amide bonds. The van der Waals surface area contributed by atoms with Gasteiger partial charge in [0.05, 0.1) is 17.8 Å². The molecule has 1 aliphatic heterocycles. The fourth-order valence-electron chi connectivity index (χ4n) is 2.84. The van der Waals surface area contributed by atoms with Gasteiger partial charge in [-0.2, -0.15) is 0 Å². The normalized spacial score (nSPS) is 22.6. The highest BCUT2D eigenvalue weighted by Crippen LogP contribution is 2.19. The van der Waals surface area contributed by atoms with Gasteiger partial charge in [0.25, 0.3) is 0 Å². The smallest absolute Gasteiger partial charge is 0.224 e. The third kappa shape index (κ3) is 4.70. The Bertz CT molecular complexity index is 658. The van der Waals surface area contributed by atoms with E-state index in [1.807, 2.05) is 0 Å². The number of carbonyl (C=O) groups is 1. The molecule has 1 fully saturated rings. The van der Waals surface area contributed by atoms with Crippen LogP contribution < -0.4 is 15.4 Å². The van der Waals surface area contributed by atoms with Gasteiger partial charge < -0.3 is 15.4 Å². The Hall–Kier alpha value is -1.60. The molecule has 1 aromatic rings. The van der Waals surface area contributed by atoms with Crippen molar-refractivity contribution in [1.82, 2.24) is 10.6 Å². The van der Waals surface area contributed by atoms with Crippen molar-refractivity contribution in [2.75, 3.05) is 26.0 Å². The Morgan fingerprint density at radius 2 is 2.04 bits per heavy atom. The molecule has 0 saturated carbocycles. The average Bonchev–Trinajstić information content (AvgIpc) is 2.56. The second-order valence-electron chi connectivity index (χ2n) is 6.44. The van der Waals surface area contributed by atoms with E-state index in [4.69, 9.17) is 4.74 Å². The standard InChI is InChI=1S/C17H26N2O4S/c1-12-10-18-9-8-16(12)19-17(20)13(2)11-24(21,22)15-6-4-14(23-3)5-7-15/h4-7,12-13,16,18H,8-11H2,1-3H3,(H,19,20). The van der Waals surface area contributed by atoms with Crippen molar-refractivity contribution < 1.29 is 17.9 Å². The maximum Gasteiger partial charge on any atom is 0.224 e. The average molecular weight is 354 g/mol. The van der Waals surface area contributed by atoms with E-state index in [0.29, 0.717) is 11.7 Å². The van der Waals surface area contributed by atoms with Crippen LogP contribution in [0.15, 0.2) is 29.2 Å². The number of piperidine rings is 1. The second kappa shape index (κ2) is 7.98. The molecule has 2 N–H and O–H groups in total. The summed E-state index contributed by atoms with van der Waals surface area (Å²) in [5, 5.41) is 6.28. The van der Waals surface area contributed by atoms with E-state index in [-0.39, 0.29) is 22.6 Å². The van der Waals surface area contributed by atoms with Crippen LogP contribution in [0, 0.1) is 11.8 Å². The molecule has 1 aliphatic rings. The van der Waals surface area contributed by atoms with Crippen LogP contribution in [0.1, 0.15) is 20.3 Å². The lowest BCUT2D eigenvalue weighted by molar-refractivity contribution is -0.125. The van der Waals surface area contributed by atoms with Crippen molar-refractivity contribution in [3.63, 3.8) is 0 Å². The lowest BCUT2D eigenvalue weighted by Gasteiger charge is -2.31. The fraction of sp³-hybridized carbons (Fsp3) is 0.588. The molecule has 24 heavy (non-hydrogen) atoms. The summed E-state index contributed by atoms with van der Waals surface area (Å²) >= 11 is 0. The molecule has 0 spiro atoms. The van der Waals surface area contributed by atoms with Crippen molar-refractivity contribution in [3.05, 3.63) is 24.3 Å². The molecule has 6 nitrogen and oxygen atoms in total. The van der Waals surface area contributed by atoms with Crippen molar-refractivity contribution in [3.8, 4) is 5.75 Å². The molecule has 1 heterocycles. The van der Waals surface area contributed by atoms with Gasteiger partial charge in [0.1, 0.15) is 5.75 Å². The summed E-state index contributed by atoms with van der Waals surface area (Å²) < 4.78 is 30.0. The molecular formula is C17H26N2O4S. The summed E-state index contributed by atoms with van der Waals surface area (Å²) in [5.41, 5.74) is 0. The number of hydrogen-bond donors (Lipinski definition) is 2. The maximum absolute atomic E-state index is 12.5. The summed E-state index contributed by atoms with van der Waals surface area (Å²) in [5.74, 6) is -0.0670. The largest absolute Gasteiger partial charge is 0.497 e. The van der Waals surface area contributed by atoms with E-state index >= 15 is 0 Å². The van der Waals surface area contributed by atoms with Gasteiger partial charge in [-0.05, 0) is 49.7 Å². The molecular weight excluding hydrogens is 328 g/mol. The Morgan fingerprint density at radius 1 is 1.38 bits per heavy atom. The SMILES string of the molecule is COc1ccc(S(=O)(=O)CC(C)C(=O)NC2CCNCC2C)cc1. The zero-order valence-corrected chi connectivity index (χ0v) is 15.2. The molecule has 0 aromatic heterocycles. The minimum atomic E-state index is -3.51. The van der Waals surface area contributed by atoms with Gasteiger partial charge in [0.2, 0.25) is 5.91 Å². The molecule has 0 radical (unpaired) electrons. The monoisotopic (exact) mass is 354 g/mol. The van der Waals surface area contributed by atoms with Crippen LogP contribution >= 0.6 is 0 Å². The number of methoxy groups -OCH3 is 1. The number of ether oxygens (including phenoxy) is 1. The van der Waals surface area contributed by atoms with Crippen LogP contribution in [0.4, 0.5) is 0 Å². The van der Waals surface area contributed by atoms with Gasteiger partial charge in [-0.1, -0.05) is 13.8 Å². The predicted molar refractivity (Wildman–Crippen MR) is 92.8 cm³/mol. The first-order valence-corrected chi connectivity index (χ1v) is 9.86. The first-order valence-electron chi connectivity index (χ1n) is 8.21. The van der Waals surface area contributed by atoms with Crippen LogP contribution in [-0.4, -0.2) is 46.3 Å². The van der Waals surface area contributed by atoms with Gasteiger partial charge >= 0.3 is 0 Å². The van der Waals surface area contributed by atoms with Crippen molar-refractivity contribution >= 4 is 15.7 Å². The first-order chi connectivity index (χ1) is 11.3. The molecule has 134 valence electrons. The zero-order valence-electron chi connectivity index (χ0n) is 14.4. The first kappa shape index (κ1) is 18.7.